The van der Waals surface area contributed by atoms with Crippen LogP contribution in [-0.4, -0.2) is 46.5 Å². The number of hydrogen-bond donors (Lipinski definition) is 1. The van der Waals surface area contributed by atoms with E-state index in [2.05, 4.69) is 20.8 Å². The fourth-order valence-corrected chi connectivity index (χ4v) is 9.63. The molecule has 1 aromatic carbocycles. The van der Waals surface area contributed by atoms with Crippen molar-refractivity contribution in [1.82, 2.24) is 0 Å². The fraction of sp³-hybridized carbons (Fsp3) is 0.613. The number of carbonyl (C=O) groups excluding carboxylic acids is 2. The van der Waals surface area contributed by atoms with Gasteiger partial charge in [-0.15, -0.1) is 11.8 Å². The predicted octanol–water partition coefficient (Wildman–Crippen LogP) is 5.66. The molecule has 6 unspecified atom stereocenters. The maximum Gasteiger partial charge on any atom is 0.178 e. The van der Waals surface area contributed by atoms with Gasteiger partial charge in [0.1, 0.15) is 5.82 Å². The van der Waals surface area contributed by atoms with Gasteiger partial charge in [-0.05, 0) is 80.4 Å². The van der Waals surface area contributed by atoms with Crippen LogP contribution in [-0.2, 0) is 19.1 Å². The highest BCUT2D eigenvalue weighted by molar-refractivity contribution is 8.00. The minimum Gasteiger partial charge on any atom is -0.393 e. The van der Waals surface area contributed by atoms with E-state index in [9.17, 15) is 19.1 Å². The topological polar surface area (TPSA) is 72.8 Å². The van der Waals surface area contributed by atoms with Crippen molar-refractivity contribution in [2.24, 2.45) is 28.6 Å². The van der Waals surface area contributed by atoms with Crippen molar-refractivity contribution in [3.05, 3.63) is 53.9 Å². The van der Waals surface area contributed by atoms with Gasteiger partial charge in [-0.25, -0.2) is 4.39 Å². The Labute approximate surface area is 228 Å². The van der Waals surface area contributed by atoms with Gasteiger partial charge in [0.15, 0.2) is 23.5 Å². The summed E-state index contributed by atoms with van der Waals surface area (Å²) in [5, 5.41) is 11.8. The van der Waals surface area contributed by atoms with Crippen LogP contribution in [0.4, 0.5) is 4.39 Å². The molecule has 1 saturated heterocycles. The van der Waals surface area contributed by atoms with Crippen molar-refractivity contribution in [2.45, 2.75) is 88.3 Å². The summed E-state index contributed by atoms with van der Waals surface area (Å²) in [5.74, 6) is 0.253. The van der Waals surface area contributed by atoms with Crippen LogP contribution in [0.5, 0.6) is 0 Å². The number of halogens is 1. The van der Waals surface area contributed by atoms with E-state index in [4.69, 9.17) is 9.47 Å². The Morgan fingerprint density at radius 3 is 2.74 bits per heavy atom. The van der Waals surface area contributed by atoms with Crippen LogP contribution in [0.2, 0.25) is 0 Å². The van der Waals surface area contributed by atoms with Crippen LogP contribution in [0.3, 0.4) is 0 Å². The standard InChI is InChI=1S/C31H37FO5S/c1-4-5-27-36-26-15-23-22-11-6-18-14-20(33)12-13-29(18,2)28(22)24(34)16-30(23,3)31(26,37-27)25(35)17-38-21-9-7-19(32)8-10-21/h7-10,12-14,22-24,26-28,34H,4-6,11,15-17H2,1-3H3/t22?,23?,24-,26+,27?,28?,29?,30?,31-/m0/s1. The summed E-state index contributed by atoms with van der Waals surface area (Å²) >= 11 is 1.40. The lowest BCUT2D eigenvalue weighted by Gasteiger charge is -2.59. The van der Waals surface area contributed by atoms with E-state index in [1.165, 1.54) is 23.9 Å². The van der Waals surface area contributed by atoms with E-state index in [1.54, 1.807) is 24.3 Å². The molecule has 4 aliphatic carbocycles. The average molecular weight is 541 g/mol. The van der Waals surface area contributed by atoms with Crippen LogP contribution >= 0.6 is 11.8 Å². The molecule has 0 spiro atoms. The SMILES string of the molecule is CCCC1O[C@@H]2CC3C4CCC5=CC(=O)C=CC5(C)C4[C@@H](O)CC3(C)[C@@]2(C(=O)CSc2ccc(F)cc2)O1. The minimum absolute atomic E-state index is 0.00292. The molecular formula is C31H37FO5S. The Bertz CT molecular complexity index is 1200. The highest BCUT2D eigenvalue weighted by Crippen LogP contribution is 2.69. The van der Waals surface area contributed by atoms with Gasteiger partial charge in [0.05, 0.1) is 18.0 Å². The van der Waals surface area contributed by atoms with Crippen LogP contribution < -0.4 is 0 Å². The largest absolute Gasteiger partial charge is 0.393 e. The van der Waals surface area contributed by atoms with Gasteiger partial charge in [-0.3, -0.25) is 9.59 Å². The van der Waals surface area contributed by atoms with E-state index in [0.29, 0.717) is 6.42 Å². The smallest absolute Gasteiger partial charge is 0.178 e. The zero-order valence-corrected chi connectivity index (χ0v) is 23.1. The summed E-state index contributed by atoms with van der Waals surface area (Å²) in [6, 6.07) is 6.20. The van der Waals surface area contributed by atoms with Gasteiger partial charge in [0, 0.05) is 21.6 Å². The average Bonchev–Trinajstić information content (AvgIpc) is 3.36. The van der Waals surface area contributed by atoms with Crippen LogP contribution in [0, 0.1) is 34.4 Å². The van der Waals surface area contributed by atoms with Gasteiger partial charge < -0.3 is 14.6 Å². The van der Waals surface area contributed by atoms with Crippen LogP contribution in [0.15, 0.2) is 53.0 Å². The molecule has 1 heterocycles. The third-order valence-corrected chi connectivity index (χ3v) is 11.4. The number of benzene rings is 1. The number of ketones is 2. The van der Waals surface area contributed by atoms with Crippen molar-refractivity contribution >= 4 is 23.3 Å². The fourth-order valence-electron chi connectivity index (χ4n) is 8.79. The maximum absolute atomic E-state index is 14.3. The predicted molar refractivity (Wildman–Crippen MR) is 143 cm³/mol. The van der Waals surface area contributed by atoms with Gasteiger partial charge >= 0.3 is 0 Å². The molecule has 0 radical (unpaired) electrons. The molecular weight excluding hydrogens is 503 g/mol. The van der Waals surface area contributed by atoms with Gasteiger partial charge in [-0.1, -0.05) is 38.8 Å². The summed E-state index contributed by atoms with van der Waals surface area (Å²) in [7, 11) is 0. The Kier molecular flexibility index (Phi) is 6.53. The molecule has 1 aromatic rings. The first-order valence-electron chi connectivity index (χ1n) is 14.0. The Morgan fingerprint density at radius 2 is 2.00 bits per heavy atom. The minimum atomic E-state index is -1.12. The number of allylic oxidation sites excluding steroid dienone is 4. The highest BCUT2D eigenvalue weighted by Gasteiger charge is 2.75. The molecule has 204 valence electrons. The summed E-state index contributed by atoms with van der Waals surface area (Å²) in [5.41, 5.74) is -0.944. The number of fused-ring (bicyclic) bond motifs is 7. The molecule has 4 fully saturated rings. The number of rotatable bonds is 6. The first-order valence-corrected chi connectivity index (χ1v) is 15.0. The third-order valence-electron chi connectivity index (χ3n) is 10.4. The molecule has 9 atom stereocenters. The molecule has 0 amide bonds. The Hall–Kier alpha value is -1.80. The molecule has 0 aromatic heterocycles. The van der Waals surface area contributed by atoms with Gasteiger partial charge in [0.25, 0.3) is 0 Å². The highest BCUT2D eigenvalue weighted by atomic mass is 32.2. The lowest BCUT2D eigenvalue weighted by atomic mass is 9.46. The molecule has 1 aliphatic heterocycles. The van der Waals surface area contributed by atoms with Crippen molar-refractivity contribution < 1.29 is 28.6 Å². The zero-order chi connectivity index (χ0) is 26.9. The van der Waals surface area contributed by atoms with Crippen LogP contribution in [0.25, 0.3) is 0 Å². The number of Topliss-reactive ketones (excluding diaryl/α,β-unsaturated/α-hetero) is 1. The number of ether oxygens (including phenoxy) is 2. The third kappa shape index (κ3) is 3.75. The van der Waals surface area contributed by atoms with E-state index in [1.807, 2.05) is 6.08 Å². The molecule has 1 N–H and O–H groups in total. The summed E-state index contributed by atoms with van der Waals surface area (Å²) in [6.07, 6.45) is 8.50. The normalized spacial score (nSPS) is 43.2. The van der Waals surface area contributed by atoms with Crippen molar-refractivity contribution in [1.29, 1.82) is 0 Å². The van der Waals surface area contributed by atoms with E-state index >= 15 is 0 Å². The first-order chi connectivity index (χ1) is 18.1. The van der Waals surface area contributed by atoms with Crippen molar-refractivity contribution in [2.75, 3.05) is 5.75 Å². The number of aliphatic hydroxyl groups is 1. The van der Waals surface area contributed by atoms with E-state index in [-0.39, 0.29) is 52.4 Å². The molecule has 6 rings (SSSR count). The lowest BCUT2D eigenvalue weighted by Crippen LogP contribution is -2.63. The molecule has 3 saturated carbocycles. The Balaban J connectivity index is 1.34. The number of aliphatic hydroxyl groups excluding tert-OH is 1. The Morgan fingerprint density at radius 1 is 1.24 bits per heavy atom. The summed E-state index contributed by atoms with van der Waals surface area (Å²) < 4.78 is 26.6. The summed E-state index contributed by atoms with van der Waals surface area (Å²) in [4.78, 5) is 27.2. The second-order valence-corrected chi connectivity index (χ2v) is 13.4. The quantitative estimate of drug-likeness (QED) is 0.470. The van der Waals surface area contributed by atoms with E-state index in [0.717, 1.165) is 42.6 Å². The van der Waals surface area contributed by atoms with Crippen LogP contribution in [0.1, 0.15) is 59.3 Å². The number of carbonyl (C=O) groups is 2. The van der Waals surface area contributed by atoms with Crippen molar-refractivity contribution in [3.63, 3.8) is 0 Å². The van der Waals surface area contributed by atoms with Gasteiger partial charge in [0.2, 0.25) is 0 Å². The monoisotopic (exact) mass is 540 g/mol. The van der Waals surface area contributed by atoms with E-state index < -0.39 is 23.4 Å². The second kappa shape index (κ2) is 9.39. The second-order valence-electron chi connectivity index (χ2n) is 12.3. The molecule has 0 bridgehead atoms. The number of hydrogen-bond acceptors (Lipinski definition) is 6. The van der Waals surface area contributed by atoms with Gasteiger partial charge in [-0.2, -0.15) is 0 Å². The summed E-state index contributed by atoms with van der Waals surface area (Å²) in [6.45, 7) is 6.38. The van der Waals surface area contributed by atoms with Crippen molar-refractivity contribution in [3.8, 4) is 0 Å². The maximum atomic E-state index is 14.3. The lowest BCUT2D eigenvalue weighted by molar-refractivity contribution is -0.197. The molecule has 5 nitrogen and oxygen atoms in total. The first kappa shape index (κ1) is 26.4. The molecule has 7 heteroatoms. The number of thioether (sulfide) groups is 1. The zero-order valence-electron chi connectivity index (χ0n) is 22.3. The molecule has 5 aliphatic rings. The molecule has 38 heavy (non-hydrogen) atoms.